The van der Waals surface area contributed by atoms with Gasteiger partial charge < -0.3 is 4.74 Å². The lowest BCUT2D eigenvalue weighted by Crippen LogP contribution is -2.47. The van der Waals surface area contributed by atoms with Gasteiger partial charge in [-0.2, -0.15) is 5.53 Å². The maximum absolute atomic E-state index is 11.7. The molecular weight excluding hydrogens is 242 g/mol. The Morgan fingerprint density at radius 1 is 1.05 bits per heavy atom. The van der Waals surface area contributed by atoms with E-state index in [0.717, 1.165) is 19.4 Å². The maximum atomic E-state index is 11.7. The number of nitrogens with one attached hydrogen (secondary N) is 3. The van der Waals surface area contributed by atoms with Gasteiger partial charge in [0, 0.05) is 13.1 Å². The van der Waals surface area contributed by atoms with E-state index in [0.29, 0.717) is 6.54 Å². The average Bonchev–Trinajstić information content (AvgIpc) is 2.40. The fourth-order valence-corrected chi connectivity index (χ4v) is 2.09. The zero-order valence-corrected chi connectivity index (χ0v) is 12.3. The molecule has 1 unspecified atom stereocenters. The van der Waals surface area contributed by atoms with Crippen LogP contribution in [0.1, 0.15) is 58.8 Å². The van der Waals surface area contributed by atoms with E-state index in [9.17, 15) is 4.79 Å². The minimum atomic E-state index is -0.107. The molecule has 1 saturated heterocycles. The third-order valence-corrected chi connectivity index (χ3v) is 3.34. The molecule has 1 rings (SSSR count). The van der Waals surface area contributed by atoms with Crippen molar-refractivity contribution in [3.63, 3.8) is 0 Å². The number of hydrogen-bond acceptors (Lipinski definition) is 5. The average molecular weight is 271 g/mol. The fourth-order valence-electron chi connectivity index (χ4n) is 2.09. The molecule has 1 aliphatic heterocycles. The quantitative estimate of drug-likeness (QED) is 0.670. The Balaban J connectivity index is 2.35. The zero-order chi connectivity index (χ0) is 13.9. The van der Waals surface area contributed by atoms with E-state index in [-0.39, 0.29) is 18.0 Å². The summed E-state index contributed by atoms with van der Waals surface area (Å²) in [7, 11) is 0. The van der Waals surface area contributed by atoms with Gasteiger partial charge in [-0.15, -0.1) is 0 Å². The molecule has 0 aromatic rings. The molecule has 1 aliphatic rings. The Kier molecular flexibility index (Phi) is 8.79. The van der Waals surface area contributed by atoms with Gasteiger partial charge in [-0.25, -0.2) is 10.9 Å². The summed E-state index contributed by atoms with van der Waals surface area (Å²) in [5.41, 5.74) is 9.16. The van der Waals surface area contributed by atoms with Crippen LogP contribution in [-0.4, -0.2) is 25.2 Å². The standard InChI is InChI=1S/C14H29N3O2/c1-12(2)14(18)19-13-9-7-5-3-4-6-8-10-15-17-16-11-13/h12-13,15-17H,3-11H2,1-2H3. The van der Waals surface area contributed by atoms with Crippen LogP contribution in [0.4, 0.5) is 0 Å². The van der Waals surface area contributed by atoms with Gasteiger partial charge in [0.05, 0.1) is 5.92 Å². The summed E-state index contributed by atoms with van der Waals surface area (Å²) in [6.45, 7) is 5.35. The van der Waals surface area contributed by atoms with Gasteiger partial charge in [0.1, 0.15) is 6.10 Å². The molecule has 0 aromatic carbocycles. The van der Waals surface area contributed by atoms with Crippen molar-refractivity contribution in [2.45, 2.75) is 64.9 Å². The maximum Gasteiger partial charge on any atom is 0.308 e. The first-order valence-electron chi connectivity index (χ1n) is 7.61. The highest BCUT2D eigenvalue weighted by atomic mass is 16.5. The lowest BCUT2D eigenvalue weighted by Gasteiger charge is -2.20. The van der Waals surface area contributed by atoms with E-state index in [1.54, 1.807) is 0 Å². The number of ether oxygens (including phenoxy) is 1. The van der Waals surface area contributed by atoms with Gasteiger partial charge in [-0.3, -0.25) is 4.79 Å². The van der Waals surface area contributed by atoms with Crippen LogP contribution in [-0.2, 0) is 9.53 Å². The largest absolute Gasteiger partial charge is 0.461 e. The number of esters is 1. The molecule has 112 valence electrons. The Morgan fingerprint density at radius 2 is 1.74 bits per heavy atom. The normalized spacial score (nSPS) is 24.1. The molecule has 5 heteroatoms. The first-order chi connectivity index (χ1) is 9.20. The van der Waals surface area contributed by atoms with Crippen LogP contribution in [0.3, 0.4) is 0 Å². The summed E-state index contributed by atoms with van der Waals surface area (Å²) in [4.78, 5) is 11.7. The van der Waals surface area contributed by atoms with E-state index in [2.05, 4.69) is 16.4 Å². The topological polar surface area (TPSA) is 62.4 Å². The molecule has 0 aromatic heterocycles. The van der Waals surface area contributed by atoms with Crippen LogP contribution in [0.25, 0.3) is 0 Å². The van der Waals surface area contributed by atoms with Gasteiger partial charge in [-0.1, -0.05) is 39.5 Å². The van der Waals surface area contributed by atoms with E-state index in [4.69, 9.17) is 4.74 Å². The predicted molar refractivity (Wildman–Crippen MR) is 76.2 cm³/mol. The minimum Gasteiger partial charge on any atom is -0.461 e. The highest BCUT2D eigenvalue weighted by Gasteiger charge is 2.16. The second kappa shape index (κ2) is 10.2. The highest BCUT2D eigenvalue weighted by Crippen LogP contribution is 2.12. The summed E-state index contributed by atoms with van der Waals surface area (Å²) >= 11 is 0. The summed E-state index contributed by atoms with van der Waals surface area (Å²) in [5, 5.41) is 0. The van der Waals surface area contributed by atoms with Gasteiger partial charge in [0.2, 0.25) is 0 Å². The van der Waals surface area contributed by atoms with Gasteiger partial charge in [0.15, 0.2) is 0 Å². The molecule has 1 atom stereocenters. The molecule has 5 nitrogen and oxygen atoms in total. The molecule has 19 heavy (non-hydrogen) atoms. The summed E-state index contributed by atoms with van der Waals surface area (Å²) in [6.07, 6.45) is 8.32. The Hall–Kier alpha value is -0.650. The molecule has 0 saturated carbocycles. The molecule has 1 fully saturated rings. The number of carbonyl (C=O) groups excluding carboxylic acids is 1. The van der Waals surface area contributed by atoms with Crippen molar-refractivity contribution in [1.29, 1.82) is 0 Å². The first kappa shape index (κ1) is 16.4. The SMILES string of the molecule is CC(C)C(=O)OC1CCCCCCCCNNNC1. The monoisotopic (exact) mass is 271 g/mol. The Morgan fingerprint density at radius 3 is 2.47 bits per heavy atom. The molecule has 0 aliphatic carbocycles. The second-order valence-corrected chi connectivity index (χ2v) is 5.56. The van der Waals surface area contributed by atoms with Crippen molar-refractivity contribution >= 4 is 5.97 Å². The van der Waals surface area contributed by atoms with Crippen molar-refractivity contribution in [3.05, 3.63) is 0 Å². The number of hydrazine groups is 2. The summed E-state index contributed by atoms with van der Waals surface area (Å²) < 4.78 is 5.52. The molecular formula is C14H29N3O2. The highest BCUT2D eigenvalue weighted by molar-refractivity contribution is 5.71. The summed E-state index contributed by atoms with van der Waals surface area (Å²) in [5.74, 6) is -0.167. The van der Waals surface area contributed by atoms with Crippen LogP contribution in [0.2, 0.25) is 0 Å². The molecule has 3 N–H and O–H groups in total. The minimum absolute atomic E-state index is 0.0371. The van der Waals surface area contributed by atoms with Crippen LogP contribution >= 0.6 is 0 Å². The lowest BCUT2D eigenvalue weighted by molar-refractivity contribution is -0.153. The van der Waals surface area contributed by atoms with Crippen LogP contribution < -0.4 is 16.4 Å². The van der Waals surface area contributed by atoms with Crippen molar-refractivity contribution in [1.82, 2.24) is 16.4 Å². The van der Waals surface area contributed by atoms with Crippen LogP contribution in [0.5, 0.6) is 0 Å². The molecule has 0 amide bonds. The third kappa shape index (κ3) is 8.18. The molecule has 1 heterocycles. The molecule has 0 spiro atoms. The predicted octanol–water partition coefficient (Wildman–Crippen LogP) is 1.90. The lowest BCUT2D eigenvalue weighted by atomic mass is 10.1. The van der Waals surface area contributed by atoms with Crippen molar-refractivity contribution in [2.24, 2.45) is 5.92 Å². The first-order valence-corrected chi connectivity index (χ1v) is 7.61. The third-order valence-electron chi connectivity index (χ3n) is 3.34. The van der Waals surface area contributed by atoms with Gasteiger partial charge in [-0.05, 0) is 19.3 Å². The van der Waals surface area contributed by atoms with Crippen molar-refractivity contribution in [3.8, 4) is 0 Å². The second-order valence-electron chi connectivity index (χ2n) is 5.56. The van der Waals surface area contributed by atoms with E-state index in [1.807, 2.05) is 13.8 Å². The Bertz CT molecular complexity index is 233. The molecule has 0 radical (unpaired) electrons. The smallest absolute Gasteiger partial charge is 0.308 e. The Labute approximate surface area is 116 Å². The molecule has 0 bridgehead atoms. The van der Waals surface area contributed by atoms with E-state index >= 15 is 0 Å². The van der Waals surface area contributed by atoms with Gasteiger partial charge >= 0.3 is 5.97 Å². The summed E-state index contributed by atoms with van der Waals surface area (Å²) in [6, 6.07) is 0. The fraction of sp³-hybridized carbons (Fsp3) is 0.929. The zero-order valence-electron chi connectivity index (χ0n) is 12.3. The van der Waals surface area contributed by atoms with E-state index < -0.39 is 0 Å². The number of carbonyl (C=O) groups is 1. The number of hydrogen-bond donors (Lipinski definition) is 3. The van der Waals surface area contributed by atoms with Gasteiger partial charge in [0.25, 0.3) is 0 Å². The van der Waals surface area contributed by atoms with Crippen molar-refractivity contribution < 1.29 is 9.53 Å². The van der Waals surface area contributed by atoms with Crippen LogP contribution in [0, 0.1) is 5.92 Å². The van der Waals surface area contributed by atoms with Crippen molar-refractivity contribution in [2.75, 3.05) is 13.1 Å². The number of rotatable bonds is 2. The van der Waals surface area contributed by atoms with Crippen LogP contribution in [0.15, 0.2) is 0 Å². The van der Waals surface area contributed by atoms with E-state index in [1.165, 1.54) is 32.1 Å².